The molecule has 1 aliphatic rings. The second-order valence-electron chi connectivity index (χ2n) is 6.23. The van der Waals surface area contributed by atoms with E-state index in [2.05, 4.69) is 10.3 Å². The summed E-state index contributed by atoms with van der Waals surface area (Å²) in [6, 6.07) is 11.3. The number of pyridine rings is 1. The molecule has 138 valence electrons. The second-order valence-corrected chi connectivity index (χ2v) is 6.23. The molecule has 0 spiro atoms. The molecule has 2 heterocycles. The van der Waals surface area contributed by atoms with Crippen molar-refractivity contribution in [2.75, 3.05) is 40.0 Å². The van der Waals surface area contributed by atoms with Gasteiger partial charge in [-0.25, -0.2) is 0 Å². The zero-order valence-electron chi connectivity index (χ0n) is 15.1. The quantitative estimate of drug-likeness (QED) is 0.772. The maximum atomic E-state index is 13.1. The number of hydrogen-bond acceptors (Lipinski definition) is 5. The van der Waals surface area contributed by atoms with Gasteiger partial charge in [0.05, 0.1) is 12.6 Å². The Hall–Kier alpha value is -2.44. The molecule has 1 N–H and O–H groups in total. The van der Waals surface area contributed by atoms with E-state index in [1.54, 1.807) is 13.3 Å². The summed E-state index contributed by atoms with van der Waals surface area (Å²) in [6.07, 6.45) is 4.39. The van der Waals surface area contributed by atoms with Gasteiger partial charge in [-0.15, -0.1) is 0 Å². The summed E-state index contributed by atoms with van der Waals surface area (Å²) >= 11 is 0. The first kappa shape index (κ1) is 18.4. The normalized spacial score (nSPS) is 17.1. The van der Waals surface area contributed by atoms with E-state index in [0.717, 1.165) is 25.1 Å². The molecule has 3 rings (SSSR count). The van der Waals surface area contributed by atoms with Crippen LogP contribution in [0.2, 0.25) is 0 Å². The highest BCUT2D eigenvalue weighted by molar-refractivity contribution is 5.95. The van der Waals surface area contributed by atoms with Crippen LogP contribution in [0.1, 0.15) is 28.4 Å². The first-order chi connectivity index (χ1) is 12.8. The van der Waals surface area contributed by atoms with E-state index in [4.69, 9.17) is 9.47 Å². The molecule has 1 fully saturated rings. The summed E-state index contributed by atoms with van der Waals surface area (Å²) < 4.78 is 10.7. The maximum Gasteiger partial charge on any atom is 0.254 e. The number of carbonyl (C=O) groups is 1. The summed E-state index contributed by atoms with van der Waals surface area (Å²) in [7, 11) is 1.67. The number of nitrogens with one attached hydrogen (secondary N) is 1. The first-order valence-electron chi connectivity index (χ1n) is 8.93. The van der Waals surface area contributed by atoms with Crippen LogP contribution in [0.4, 0.5) is 0 Å². The van der Waals surface area contributed by atoms with E-state index >= 15 is 0 Å². The van der Waals surface area contributed by atoms with Crippen molar-refractivity contribution in [3.05, 3.63) is 59.9 Å². The van der Waals surface area contributed by atoms with Gasteiger partial charge in [0.15, 0.2) is 0 Å². The molecule has 1 saturated heterocycles. The lowest BCUT2D eigenvalue weighted by atomic mass is 10.0. The second kappa shape index (κ2) is 9.31. The van der Waals surface area contributed by atoms with Gasteiger partial charge in [-0.1, -0.05) is 12.1 Å². The molecule has 1 atom stereocenters. The number of amides is 1. The van der Waals surface area contributed by atoms with Gasteiger partial charge >= 0.3 is 0 Å². The Morgan fingerprint density at radius 2 is 2.23 bits per heavy atom. The van der Waals surface area contributed by atoms with Gasteiger partial charge in [0, 0.05) is 57.7 Å². The Labute approximate surface area is 154 Å². The van der Waals surface area contributed by atoms with Gasteiger partial charge < -0.3 is 19.7 Å². The molecule has 0 radical (unpaired) electrons. The van der Waals surface area contributed by atoms with Gasteiger partial charge in [0.2, 0.25) is 0 Å². The molecule has 26 heavy (non-hydrogen) atoms. The topological polar surface area (TPSA) is 63.7 Å². The highest BCUT2D eigenvalue weighted by Crippen LogP contribution is 2.24. The van der Waals surface area contributed by atoms with Gasteiger partial charge in [-0.2, -0.15) is 0 Å². The summed E-state index contributed by atoms with van der Waals surface area (Å²) in [5.74, 6) is 0.725. The van der Waals surface area contributed by atoms with Gasteiger partial charge in [-0.3, -0.25) is 9.78 Å². The average molecular weight is 355 g/mol. The summed E-state index contributed by atoms with van der Waals surface area (Å²) in [5.41, 5.74) is 1.69. The maximum absolute atomic E-state index is 13.1. The molecular weight excluding hydrogens is 330 g/mol. The average Bonchev–Trinajstić information content (AvgIpc) is 2.71. The number of aromatic nitrogens is 1. The van der Waals surface area contributed by atoms with E-state index in [0.29, 0.717) is 31.1 Å². The standard InChI is InChI=1S/C20H25N3O3/c1-25-11-4-12-26-18-7-2-5-16(13-18)20(24)23-10-9-22-15-19(23)17-6-3-8-21-14-17/h2-3,5-8,13-14,19,22H,4,9-12,15H2,1H3. The molecule has 1 aliphatic heterocycles. The van der Waals surface area contributed by atoms with Crippen LogP contribution in [0.5, 0.6) is 5.75 Å². The molecule has 1 unspecified atom stereocenters. The Bertz CT molecular complexity index is 708. The minimum atomic E-state index is -0.0174. The monoisotopic (exact) mass is 355 g/mol. The fraction of sp³-hybridized carbons (Fsp3) is 0.400. The number of rotatable bonds is 7. The molecule has 2 aromatic rings. The van der Waals surface area contributed by atoms with Gasteiger partial charge in [0.1, 0.15) is 5.75 Å². The van der Waals surface area contributed by atoms with Crippen molar-refractivity contribution in [2.45, 2.75) is 12.5 Å². The lowest BCUT2D eigenvalue weighted by Gasteiger charge is -2.36. The summed E-state index contributed by atoms with van der Waals surface area (Å²) in [5, 5.41) is 3.36. The van der Waals surface area contributed by atoms with E-state index in [1.165, 1.54) is 0 Å². The van der Waals surface area contributed by atoms with Gasteiger partial charge in [-0.05, 0) is 29.8 Å². The van der Waals surface area contributed by atoms with Crippen molar-refractivity contribution in [1.29, 1.82) is 0 Å². The SMILES string of the molecule is COCCCOc1cccc(C(=O)N2CCNCC2c2cccnc2)c1. The molecule has 6 heteroatoms. The van der Waals surface area contributed by atoms with Gasteiger partial charge in [0.25, 0.3) is 5.91 Å². The summed E-state index contributed by atoms with van der Waals surface area (Å²) in [4.78, 5) is 19.2. The molecule has 0 saturated carbocycles. The number of piperazine rings is 1. The third kappa shape index (κ3) is 4.59. The third-order valence-electron chi connectivity index (χ3n) is 4.42. The number of carbonyl (C=O) groups excluding carboxylic acids is 1. The highest BCUT2D eigenvalue weighted by Gasteiger charge is 2.28. The van der Waals surface area contributed by atoms with E-state index < -0.39 is 0 Å². The van der Waals surface area contributed by atoms with Crippen LogP contribution in [0.3, 0.4) is 0 Å². The van der Waals surface area contributed by atoms with Crippen molar-refractivity contribution < 1.29 is 14.3 Å². The van der Waals surface area contributed by atoms with E-state index in [-0.39, 0.29) is 11.9 Å². The number of benzene rings is 1. The van der Waals surface area contributed by atoms with Crippen LogP contribution < -0.4 is 10.1 Å². The summed E-state index contributed by atoms with van der Waals surface area (Å²) in [6.45, 7) is 3.40. The lowest BCUT2D eigenvalue weighted by Crippen LogP contribution is -2.48. The van der Waals surface area contributed by atoms with Crippen molar-refractivity contribution >= 4 is 5.91 Å². The third-order valence-corrected chi connectivity index (χ3v) is 4.42. The number of nitrogens with zero attached hydrogens (tertiary/aromatic N) is 2. The Balaban J connectivity index is 1.72. The molecule has 1 amide bonds. The van der Waals surface area contributed by atoms with E-state index in [1.807, 2.05) is 47.5 Å². The van der Waals surface area contributed by atoms with Crippen LogP contribution in [-0.4, -0.2) is 55.7 Å². The fourth-order valence-corrected chi connectivity index (χ4v) is 3.10. The Morgan fingerprint density at radius 3 is 3.04 bits per heavy atom. The fourth-order valence-electron chi connectivity index (χ4n) is 3.10. The van der Waals surface area contributed by atoms with E-state index in [9.17, 15) is 4.79 Å². The zero-order valence-corrected chi connectivity index (χ0v) is 15.1. The Morgan fingerprint density at radius 1 is 1.31 bits per heavy atom. The number of hydrogen-bond donors (Lipinski definition) is 1. The molecule has 0 aliphatic carbocycles. The minimum Gasteiger partial charge on any atom is -0.493 e. The van der Waals surface area contributed by atoms with Crippen molar-refractivity contribution in [3.63, 3.8) is 0 Å². The smallest absolute Gasteiger partial charge is 0.254 e. The molecular formula is C20H25N3O3. The van der Waals surface area contributed by atoms with Crippen LogP contribution in [0.15, 0.2) is 48.8 Å². The molecule has 6 nitrogen and oxygen atoms in total. The van der Waals surface area contributed by atoms with Crippen LogP contribution >= 0.6 is 0 Å². The molecule has 0 bridgehead atoms. The van der Waals surface area contributed by atoms with Crippen molar-refractivity contribution in [3.8, 4) is 5.75 Å². The van der Waals surface area contributed by atoms with Crippen molar-refractivity contribution in [2.24, 2.45) is 0 Å². The van der Waals surface area contributed by atoms with Crippen LogP contribution in [0, 0.1) is 0 Å². The lowest BCUT2D eigenvalue weighted by molar-refractivity contribution is 0.0633. The molecule has 1 aromatic heterocycles. The minimum absolute atomic E-state index is 0.0164. The zero-order chi connectivity index (χ0) is 18.2. The Kier molecular flexibility index (Phi) is 6.57. The first-order valence-corrected chi connectivity index (χ1v) is 8.93. The predicted molar refractivity (Wildman–Crippen MR) is 99.3 cm³/mol. The van der Waals surface area contributed by atoms with Crippen LogP contribution in [0.25, 0.3) is 0 Å². The highest BCUT2D eigenvalue weighted by atomic mass is 16.5. The predicted octanol–water partition coefficient (Wildman–Crippen LogP) is 2.28. The number of methoxy groups -OCH3 is 1. The number of ether oxygens (including phenoxy) is 2. The van der Waals surface area contributed by atoms with Crippen LogP contribution in [-0.2, 0) is 4.74 Å². The molecule has 1 aromatic carbocycles. The van der Waals surface area contributed by atoms with Crippen molar-refractivity contribution in [1.82, 2.24) is 15.2 Å². The largest absolute Gasteiger partial charge is 0.493 e.